The van der Waals surface area contributed by atoms with Gasteiger partial charge in [-0.05, 0) is 19.8 Å². The SMILES string of the molecule is CCOC(=O)CCCCCCCCCCCCCCNS(=O)(=O)CCBr. The molecule has 0 bridgehead atoms. The molecule has 0 rings (SSSR count). The van der Waals surface area contributed by atoms with Gasteiger partial charge in [-0.3, -0.25) is 4.79 Å². The van der Waals surface area contributed by atoms with Gasteiger partial charge in [-0.1, -0.05) is 80.1 Å². The molecule has 0 aliphatic heterocycles. The highest BCUT2D eigenvalue weighted by atomic mass is 79.9. The molecule has 0 radical (unpaired) electrons. The molecule has 26 heavy (non-hydrogen) atoms. The van der Waals surface area contributed by atoms with E-state index in [1.807, 2.05) is 6.92 Å². The normalized spacial score (nSPS) is 11.6. The van der Waals surface area contributed by atoms with Crippen LogP contribution >= 0.6 is 15.9 Å². The first-order chi connectivity index (χ1) is 12.5. The van der Waals surface area contributed by atoms with Crippen molar-refractivity contribution in [1.82, 2.24) is 4.72 Å². The molecule has 5 nitrogen and oxygen atoms in total. The van der Waals surface area contributed by atoms with Crippen molar-refractivity contribution >= 4 is 31.9 Å². The second kappa shape index (κ2) is 18.2. The van der Waals surface area contributed by atoms with Crippen LogP contribution in [0.3, 0.4) is 0 Å². The fraction of sp³-hybridized carbons (Fsp3) is 0.947. The Morgan fingerprint density at radius 3 is 1.77 bits per heavy atom. The summed E-state index contributed by atoms with van der Waals surface area (Å²) in [5.41, 5.74) is 0. The predicted octanol–water partition coefficient (Wildman–Crippen LogP) is 4.94. The molecular formula is C19H38BrNO4S. The number of sulfonamides is 1. The van der Waals surface area contributed by atoms with Gasteiger partial charge in [0, 0.05) is 18.3 Å². The first-order valence-corrected chi connectivity index (χ1v) is 13.0. The van der Waals surface area contributed by atoms with Gasteiger partial charge >= 0.3 is 5.97 Å². The zero-order valence-electron chi connectivity index (χ0n) is 16.4. The molecule has 0 aromatic rings. The second-order valence-electron chi connectivity index (χ2n) is 6.70. The first kappa shape index (κ1) is 25.9. The molecule has 0 aromatic heterocycles. The van der Waals surface area contributed by atoms with Gasteiger partial charge in [0.1, 0.15) is 0 Å². The van der Waals surface area contributed by atoms with Crippen molar-refractivity contribution in [3.63, 3.8) is 0 Å². The summed E-state index contributed by atoms with van der Waals surface area (Å²) in [6.45, 7) is 2.88. The molecular weight excluding hydrogens is 418 g/mol. The van der Waals surface area contributed by atoms with Crippen molar-refractivity contribution in [3.05, 3.63) is 0 Å². The Balaban J connectivity index is 3.19. The average molecular weight is 456 g/mol. The lowest BCUT2D eigenvalue weighted by Gasteiger charge is -2.05. The van der Waals surface area contributed by atoms with Crippen LogP contribution in [0.15, 0.2) is 0 Å². The number of halogens is 1. The van der Waals surface area contributed by atoms with E-state index in [1.165, 1.54) is 51.4 Å². The van der Waals surface area contributed by atoms with E-state index in [2.05, 4.69) is 20.7 Å². The lowest BCUT2D eigenvalue weighted by atomic mass is 10.0. The summed E-state index contributed by atoms with van der Waals surface area (Å²) >= 11 is 3.14. The number of ether oxygens (including phenoxy) is 1. The lowest BCUT2D eigenvalue weighted by Crippen LogP contribution is -2.27. The van der Waals surface area contributed by atoms with Gasteiger partial charge in [-0.15, -0.1) is 0 Å². The van der Waals surface area contributed by atoms with Gasteiger partial charge in [-0.25, -0.2) is 13.1 Å². The van der Waals surface area contributed by atoms with E-state index < -0.39 is 10.0 Å². The Morgan fingerprint density at radius 1 is 0.846 bits per heavy atom. The summed E-state index contributed by atoms with van der Waals surface area (Å²) in [5.74, 6) is 0.0853. The Morgan fingerprint density at radius 2 is 1.31 bits per heavy atom. The fourth-order valence-corrected chi connectivity index (χ4v) is 4.88. The predicted molar refractivity (Wildman–Crippen MR) is 112 cm³/mol. The quantitative estimate of drug-likeness (QED) is 0.170. The summed E-state index contributed by atoms with van der Waals surface area (Å²) in [6.07, 6.45) is 14.7. The van der Waals surface area contributed by atoms with Crippen LogP contribution in [0, 0.1) is 0 Å². The maximum Gasteiger partial charge on any atom is 0.305 e. The van der Waals surface area contributed by atoms with E-state index in [1.54, 1.807) is 0 Å². The maximum absolute atomic E-state index is 11.4. The van der Waals surface area contributed by atoms with Crippen LogP contribution in [0.4, 0.5) is 0 Å². The molecule has 0 aliphatic carbocycles. The van der Waals surface area contributed by atoms with Crippen LogP contribution in [-0.2, 0) is 19.6 Å². The molecule has 0 saturated carbocycles. The highest BCUT2D eigenvalue weighted by Crippen LogP contribution is 2.12. The molecule has 0 amide bonds. The molecule has 0 heterocycles. The maximum atomic E-state index is 11.4. The summed E-state index contributed by atoms with van der Waals surface area (Å²) in [4.78, 5) is 11.2. The Hall–Kier alpha value is -0.140. The van der Waals surface area contributed by atoms with Crippen molar-refractivity contribution < 1.29 is 17.9 Å². The Kier molecular flexibility index (Phi) is 18.1. The summed E-state index contributed by atoms with van der Waals surface area (Å²) in [5, 5.41) is 0.482. The molecule has 0 aromatic carbocycles. The number of carbonyl (C=O) groups excluding carboxylic acids is 1. The van der Waals surface area contributed by atoms with Gasteiger partial charge < -0.3 is 4.74 Å². The first-order valence-electron chi connectivity index (χ1n) is 10.2. The number of alkyl halides is 1. The highest BCUT2D eigenvalue weighted by Gasteiger charge is 2.07. The van der Waals surface area contributed by atoms with Gasteiger partial charge in [-0.2, -0.15) is 0 Å². The Labute approximate surface area is 169 Å². The molecule has 0 aliphatic rings. The number of nitrogens with one attached hydrogen (secondary N) is 1. The van der Waals surface area contributed by atoms with Crippen LogP contribution in [0.25, 0.3) is 0 Å². The zero-order valence-corrected chi connectivity index (χ0v) is 18.8. The second-order valence-corrected chi connectivity index (χ2v) is 9.42. The van der Waals surface area contributed by atoms with E-state index in [-0.39, 0.29) is 11.7 Å². The minimum Gasteiger partial charge on any atom is -0.466 e. The van der Waals surface area contributed by atoms with Gasteiger partial charge in [0.15, 0.2) is 0 Å². The highest BCUT2D eigenvalue weighted by molar-refractivity contribution is 9.09. The lowest BCUT2D eigenvalue weighted by molar-refractivity contribution is -0.143. The average Bonchev–Trinajstić information content (AvgIpc) is 2.58. The Bertz CT molecular complexity index is 429. The van der Waals surface area contributed by atoms with Crippen LogP contribution in [-0.4, -0.2) is 38.6 Å². The van der Waals surface area contributed by atoms with Crippen molar-refractivity contribution in [3.8, 4) is 0 Å². The minimum absolute atomic E-state index is 0.0659. The van der Waals surface area contributed by atoms with Crippen molar-refractivity contribution in [2.45, 2.75) is 90.4 Å². The van der Waals surface area contributed by atoms with Crippen LogP contribution in [0.5, 0.6) is 0 Å². The molecule has 0 atom stereocenters. The van der Waals surface area contributed by atoms with Gasteiger partial charge in [0.05, 0.1) is 12.4 Å². The fourth-order valence-electron chi connectivity index (χ4n) is 2.80. The third kappa shape index (κ3) is 18.6. The van der Waals surface area contributed by atoms with Gasteiger partial charge in [0.2, 0.25) is 10.0 Å². The molecule has 1 N–H and O–H groups in total. The molecule has 7 heteroatoms. The third-order valence-electron chi connectivity index (χ3n) is 4.28. The van der Waals surface area contributed by atoms with Crippen molar-refractivity contribution in [2.75, 3.05) is 24.2 Å². The summed E-state index contributed by atoms with van der Waals surface area (Å²) in [7, 11) is -3.07. The summed E-state index contributed by atoms with van der Waals surface area (Å²) < 4.78 is 30.4. The van der Waals surface area contributed by atoms with Gasteiger partial charge in [0.25, 0.3) is 0 Å². The van der Waals surface area contributed by atoms with Crippen LogP contribution < -0.4 is 4.72 Å². The monoisotopic (exact) mass is 455 g/mol. The van der Waals surface area contributed by atoms with E-state index in [0.717, 1.165) is 25.7 Å². The number of hydrogen-bond donors (Lipinski definition) is 1. The number of unbranched alkanes of at least 4 members (excludes halogenated alkanes) is 11. The number of hydrogen-bond acceptors (Lipinski definition) is 4. The zero-order chi connectivity index (χ0) is 19.5. The van der Waals surface area contributed by atoms with Crippen LogP contribution in [0.1, 0.15) is 90.4 Å². The molecule has 0 unspecified atom stereocenters. The van der Waals surface area contributed by atoms with E-state index in [0.29, 0.717) is 24.9 Å². The smallest absolute Gasteiger partial charge is 0.305 e. The number of esters is 1. The molecule has 0 saturated heterocycles. The third-order valence-corrected chi connectivity index (χ3v) is 6.59. The number of carbonyl (C=O) groups is 1. The van der Waals surface area contributed by atoms with Crippen molar-refractivity contribution in [1.29, 1.82) is 0 Å². The largest absolute Gasteiger partial charge is 0.466 e. The molecule has 0 spiro atoms. The molecule has 0 fully saturated rings. The minimum atomic E-state index is -3.07. The topological polar surface area (TPSA) is 72.5 Å². The van der Waals surface area contributed by atoms with E-state index in [4.69, 9.17) is 4.74 Å². The number of rotatable bonds is 19. The van der Waals surface area contributed by atoms with E-state index >= 15 is 0 Å². The standard InChI is InChI=1S/C19H38BrNO4S/c1-2-25-19(22)15-13-11-9-7-5-3-4-6-8-10-12-14-17-21-26(23,24)18-16-20/h21H,2-18H2,1H3. The van der Waals surface area contributed by atoms with E-state index in [9.17, 15) is 13.2 Å². The summed E-state index contributed by atoms with van der Waals surface area (Å²) in [6, 6.07) is 0. The van der Waals surface area contributed by atoms with Crippen LogP contribution in [0.2, 0.25) is 0 Å². The van der Waals surface area contributed by atoms with Crippen molar-refractivity contribution in [2.24, 2.45) is 0 Å². The molecule has 156 valence electrons.